The summed E-state index contributed by atoms with van der Waals surface area (Å²) in [6.07, 6.45) is 0. The second-order valence-electron chi connectivity index (χ2n) is 15.3. The molecule has 0 saturated carbocycles. The summed E-state index contributed by atoms with van der Waals surface area (Å²) in [6.45, 7) is 0. The normalized spacial score (nSPS) is 11.7. The van der Waals surface area contributed by atoms with Gasteiger partial charge in [-0.25, -0.2) is 0 Å². The van der Waals surface area contributed by atoms with Gasteiger partial charge in [-0.05, 0) is 87.4 Å². The van der Waals surface area contributed by atoms with Crippen molar-refractivity contribution in [2.24, 2.45) is 0 Å². The quantitative estimate of drug-likeness (QED) is 0.164. The molecule has 12 rings (SSSR count). The average Bonchev–Trinajstić information content (AvgIpc) is 3.87. The van der Waals surface area contributed by atoms with Gasteiger partial charge in [-0.15, -0.1) is 11.3 Å². The molecule has 0 aliphatic heterocycles. The van der Waals surface area contributed by atoms with Crippen LogP contribution in [0.25, 0.3) is 91.5 Å². The molecule has 0 radical (unpaired) electrons. The summed E-state index contributed by atoms with van der Waals surface area (Å²) in [5, 5.41) is 10.0. The minimum absolute atomic E-state index is 1.12. The van der Waals surface area contributed by atoms with E-state index in [1.807, 2.05) is 11.3 Å². The van der Waals surface area contributed by atoms with Crippen molar-refractivity contribution in [1.82, 2.24) is 4.57 Å². The summed E-state index contributed by atoms with van der Waals surface area (Å²) < 4.78 is 5.06. The molecule has 10 aromatic carbocycles. The van der Waals surface area contributed by atoms with E-state index < -0.39 is 0 Å². The summed E-state index contributed by atoms with van der Waals surface area (Å²) in [5.74, 6) is 0. The lowest BCUT2D eigenvalue weighted by Gasteiger charge is -2.29. The Labute approximate surface area is 346 Å². The molecule has 0 aliphatic rings. The minimum atomic E-state index is 1.12. The van der Waals surface area contributed by atoms with E-state index in [1.54, 1.807) is 0 Å². The molecule has 0 saturated heterocycles. The first kappa shape index (κ1) is 33.7. The number of thiophene rings is 1. The first-order valence-corrected chi connectivity index (χ1v) is 21.0. The fourth-order valence-electron chi connectivity index (χ4n) is 9.31. The zero-order valence-corrected chi connectivity index (χ0v) is 32.9. The third kappa shape index (κ3) is 5.40. The average molecular weight is 769 g/mol. The maximum atomic E-state index is 2.51. The molecule has 0 unspecified atom stereocenters. The van der Waals surface area contributed by atoms with E-state index in [-0.39, 0.29) is 0 Å². The first-order chi connectivity index (χ1) is 29.3. The van der Waals surface area contributed by atoms with E-state index in [1.165, 1.54) is 85.8 Å². The molecule has 0 aliphatic carbocycles. The first-order valence-electron chi connectivity index (χ1n) is 20.2. The highest BCUT2D eigenvalue weighted by Gasteiger charge is 2.25. The third-order valence-electron chi connectivity index (χ3n) is 12.0. The van der Waals surface area contributed by atoms with Crippen LogP contribution >= 0.6 is 11.3 Å². The van der Waals surface area contributed by atoms with Gasteiger partial charge in [0.15, 0.2) is 0 Å². The topological polar surface area (TPSA) is 8.17 Å². The van der Waals surface area contributed by atoms with Crippen LogP contribution in [0.3, 0.4) is 0 Å². The predicted octanol–water partition coefficient (Wildman–Crippen LogP) is 16.3. The van der Waals surface area contributed by atoms with Crippen molar-refractivity contribution in [2.45, 2.75) is 0 Å². The Morgan fingerprint density at radius 2 is 1.00 bits per heavy atom. The van der Waals surface area contributed by atoms with Gasteiger partial charge >= 0.3 is 0 Å². The van der Waals surface area contributed by atoms with Gasteiger partial charge in [0.2, 0.25) is 0 Å². The maximum Gasteiger partial charge on any atom is 0.0620 e. The van der Waals surface area contributed by atoms with Crippen LogP contribution in [0.15, 0.2) is 218 Å². The Bertz CT molecular complexity index is 3540. The molecule has 59 heavy (non-hydrogen) atoms. The Morgan fingerprint density at radius 1 is 0.373 bits per heavy atom. The van der Waals surface area contributed by atoms with Crippen molar-refractivity contribution < 1.29 is 0 Å². The Hall–Kier alpha value is -7.46. The van der Waals surface area contributed by atoms with Gasteiger partial charge in [0.1, 0.15) is 0 Å². The lowest BCUT2D eigenvalue weighted by molar-refractivity contribution is 1.18. The molecule has 2 heterocycles. The van der Waals surface area contributed by atoms with Crippen LogP contribution < -0.4 is 4.90 Å². The van der Waals surface area contributed by atoms with Crippen molar-refractivity contribution in [2.75, 3.05) is 4.90 Å². The molecule has 0 amide bonds. The van der Waals surface area contributed by atoms with E-state index in [2.05, 4.69) is 228 Å². The molecule has 276 valence electrons. The zero-order chi connectivity index (χ0) is 38.9. The lowest BCUT2D eigenvalue weighted by atomic mass is 9.97. The monoisotopic (exact) mass is 768 g/mol. The Morgan fingerprint density at radius 3 is 1.83 bits per heavy atom. The van der Waals surface area contributed by atoms with E-state index in [0.717, 1.165) is 22.7 Å². The van der Waals surface area contributed by atoms with Gasteiger partial charge in [-0.3, -0.25) is 0 Å². The molecule has 12 aromatic rings. The largest absolute Gasteiger partial charge is 0.309 e. The second kappa shape index (κ2) is 13.6. The van der Waals surface area contributed by atoms with Gasteiger partial charge < -0.3 is 9.47 Å². The summed E-state index contributed by atoms with van der Waals surface area (Å²) in [6, 6.07) is 80.0. The molecule has 3 heteroatoms. The zero-order valence-electron chi connectivity index (χ0n) is 32.1. The molecule has 0 fully saturated rings. The van der Waals surface area contributed by atoms with E-state index in [9.17, 15) is 0 Å². The van der Waals surface area contributed by atoms with Gasteiger partial charge in [0.25, 0.3) is 0 Å². The van der Waals surface area contributed by atoms with Gasteiger partial charge in [0.05, 0.1) is 22.4 Å². The third-order valence-corrected chi connectivity index (χ3v) is 13.1. The van der Waals surface area contributed by atoms with E-state index in [0.29, 0.717) is 0 Å². The number of para-hydroxylation sites is 2. The number of benzene rings is 10. The van der Waals surface area contributed by atoms with Gasteiger partial charge in [0, 0.05) is 53.3 Å². The highest BCUT2D eigenvalue weighted by Crippen LogP contribution is 2.49. The predicted molar refractivity (Wildman–Crippen MR) is 254 cm³/mol. The van der Waals surface area contributed by atoms with Crippen LogP contribution in [0.4, 0.5) is 17.1 Å². The number of hydrogen-bond donors (Lipinski definition) is 0. The minimum Gasteiger partial charge on any atom is -0.309 e. The van der Waals surface area contributed by atoms with E-state index >= 15 is 0 Å². The summed E-state index contributed by atoms with van der Waals surface area (Å²) in [5.41, 5.74) is 11.7. The van der Waals surface area contributed by atoms with Crippen LogP contribution in [0, 0.1) is 0 Å². The summed E-state index contributed by atoms with van der Waals surface area (Å²) in [7, 11) is 0. The Kier molecular flexibility index (Phi) is 7.75. The number of anilines is 3. The number of rotatable bonds is 6. The molecular formula is C56H36N2S. The fourth-order valence-corrected chi connectivity index (χ4v) is 10.4. The molecule has 2 aromatic heterocycles. The number of nitrogens with zero attached hydrogens (tertiary/aromatic N) is 2. The molecule has 2 nitrogen and oxygen atoms in total. The lowest BCUT2D eigenvalue weighted by Crippen LogP contribution is -2.11. The number of hydrogen-bond acceptors (Lipinski definition) is 2. The van der Waals surface area contributed by atoms with Crippen molar-refractivity contribution in [1.29, 1.82) is 0 Å². The van der Waals surface area contributed by atoms with Crippen LogP contribution in [0.1, 0.15) is 0 Å². The molecule has 0 spiro atoms. The SMILES string of the molecule is c1ccc(-c2ccc(-c3ccccc3N(c3ccc4sc5ccc6ccccc6c5c4c3)c3cccc4c3c3ccc5ccccc5c3n4-c3ccccc3)cc2)cc1. The number of aromatic nitrogens is 1. The summed E-state index contributed by atoms with van der Waals surface area (Å²) >= 11 is 1.87. The standard InChI is InChI=1S/C56H36N2S/c1-3-14-37(15-4-1)38-26-28-41(29-27-38)44-20-11-12-23-49(44)57(43-32-35-52-48(36-43)54-45-21-9-7-16-39(45)31-34-53(54)59-52)50-24-13-25-51-55(50)47-33-30-40-17-8-10-22-46(40)56(47)58(51)42-18-5-2-6-19-42/h1-36H. The van der Waals surface area contributed by atoms with Crippen molar-refractivity contribution >= 4 is 91.9 Å². The van der Waals surface area contributed by atoms with Crippen molar-refractivity contribution in [3.8, 4) is 27.9 Å². The highest BCUT2D eigenvalue weighted by molar-refractivity contribution is 7.26. The Balaban J connectivity index is 1.17. The summed E-state index contributed by atoms with van der Waals surface area (Å²) in [4.78, 5) is 2.51. The van der Waals surface area contributed by atoms with Crippen LogP contribution in [-0.2, 0) is 0 Å². The molecule has 0 atom stereocenters. The van der Waals surface area contributed by atoms with Gasteiger partial charge in [-0.2, -0.15) is 0 Å². The fraction of sp³-hybridized carbons (Fsp3) is 0. The molecule has 0 bridgehead atoms. The van der Waals surface area contributed by atoms with Crippen LogP contribution in [0.5, 0.6) is 0 Å². The van der Waals surface area contributed by atoms with Crippen molar-refractivity contribution in [3.05, 3.63) is 218 Å². The van der Waals surface area contributed by atoms with Crippen molar-refractivity contribution in [3.63, 3.8) is 0 Å². The second-order valence-corrected chi connectivity index (χ2v) is 16.3. The highest BCUT2D eigenvalue weighted by atomic mass is 32.1. The molecular weight excluding hydrogens is 733 g/mol. The van der Waals surface area contributed by atoms with E-state index in [4.69, 9.17) is 0 Å². The maximum absolute atomic E-state index is 2.51. The van der Waals surface area contributed by atoms with Crippen LogP contribution in [-0.4, -0.2) is 4.57 Å². The van der Waals surface area contributed by atoms with Crippen LogP contribution in [0.2, 0.25) is 0 Å². The van der Waals surface area contributed by atoms with Gasteiger partial charge in [-0.1, -0.05) is 164 Å². The molecule has 0 N–H and O–H groups in total. The number of fused-ring (bicyclic) bond motifs is 10. The smallest absolute Gasteiger partial charge is 0.0620 e.